The fourth-order valence-corrected chi connectivity index (χ4v) is 3.04. The lowest BCUT2D eigenvalue weighted by Crippen LogP contribution is -2.31. The Kier molecular flexibility index (Phi) is 5.92. The summed E-state index contributed by atoms with van der Waals surface area (Å²) in [4.78, 5) is 2.59. The topological polar surface area (TPSA) is 33.1 Å². The number of hydrogen-bond donors (Lipinski definition) is 1. The van der Waals surface area contributed by atoms with E-state index in [2.05, 4.69) is 15.3 Å². The third-order valence-corrected chi connectivity index (χ3v) is 4.05. The van der Waals surface area contributed by atoms with E-state index in [0.717, 1.165) is 13.1 Å². The highest BCUT2D eigenvalue weighted by atomic mass is 35.5. The summed E-state index contributed by atoms with van der Waals surface area (Å²) in [5.41, 5.74) is 0.601. The van der Waals surface area contributed by atoms with Crippen molar-refractivity contribution in [3.8, 4) is 0 Å². The molecule has 1 aromatic heterocycles. The van der Waals surface area contributed by atoms with Gasteiger partial charge in [0.25, 0.3) is 0 Å². The Hall–Kier alpha value is -0.290. The highest BCUT2D eigenvalue weighted by molar-refractivity contribution is 5.85. The molecule has 0 amide bonds. The third kappa shape index (κ3) is 3.38. The molecule has 0 radical (unpaired) electrons. The minimum absolute atomic E-state index is 0. The summed E-state index contributed by atoms with van der Waals surface area (Å²) in [5, 5.41) is 7.74. The van der Waals surface area contributed by atoms with Gasteiger partial charge in [-0.2, -0.15) is 5.10 Å². The van der Waals surface area contributed by atoms with Crippen LogP contribution in [0.5, 0.6) is 0 Å². The summed E-state index contributed by atoms with van der Waals surface area (Å²) < 4.78 is 2.03. The summed E-state index contributed by atoms with van der Waals surface area (Å²) in [7, 11) is 0. The van der Waals surface area contributed by atoms with Crippen molar-refractivity contribution < 1.29 is 0 Å². The molecule has 0 aliphatic carbocycles. The first-order chi connectivity index (χ1) is 7.86. The molecule has 2 aliphatic heterocycles. The number of nitrogens with one attached hydrogen (secondary N) is 1. The molecule has 1 spiro atoms. The van der Waals surface area contributed by atoms with Crippen LogP contribution in [0, 0.1) is 5.41 Å². The largest absolute Gasteiger partial charge is 0.316 e. The van der Waals surface area contributed by atoms with E-state index in [1.165, 1.54) is 39.0 Å². The molecule has 104 valence electrons. The van der Waals surface area contributed by atoms with Gasteiger partial charge < -0.3 is 10.2 Å². The Morgan fingerprint density at radius 2 is 2.11 bits per heavy atom. The van der Waals surface area contributed by atoms with Crippen LogP contribution in [0.3, 0.4) is 0 Å². The van der Waals surface area contributed by atoms with Crippen LogP contribution in [0.15, 0.2) is 18.5 Å². The number of halogens is 2. The zero-order chi connectivity index (χ0) is 10.8. The van der Waals surface area contributed by atoms with Crippen molar-refractivity contribution in [1.82, 2.24) is 20.0 Å². The lowest BCUT2D eigenvalue weighted by Gasteiger charge is -2.22. The molecule has 6 heteroatoms. The van der Waals surface area contributed by atoms with Crippen molar-refractivity contribution in [2.45, 2.75) is 19.4 Å². The van der Waals surface area contributed by atoms with Crippen molar-refractivity contribution in [2.24, 2.45) is 5.41 Å². The van der Waals surface area contributed by atoms with Crippen molar-refractivity contribution in [1.29, 1.82) is 0 Å². The smallest absolute Gasteiger partial charge is 0.0536 e. The monoisotopic (exact) mass is 292 g/mol. The zero-order valence-corrected chi connectivity index (χ0v) is 12.2. The highest BCUT2D eigenvalue weighted by Crippen LogP contribution is 2.35. The first kappa shape index (κ1) is 15.8. The SMILES string of the molecule is Cl.Cl.c1cnn(CCN2CCC3(CCNC3)C2)c1. The van der Waals surface area contributed by atoms with E-state index in [1.807, 2.05) is 23.1 Å². The van der Waals surface area contributed by atoms with E-state index >= 15 is 0 Å². The van der Waals surface area contributed by atoms with Gasteiger partial charge in [-0.05, 0) is 37.4 Å². The Balaban J connectivity index is 0.000000810. The third-order valence-electron chi connectivity index (χ3n) is 4.05. The molecule has 1 unspecified atom stereocenters. The summed E-state index contributed by atoms with van der Waals surface area (Å²) in [6, 6.07) is 1.99. The zero-order valence-electron chi connectivity index (χ0n) is 10.5. The van der Waals surface area contributed by atoms with E-state index < -0.39 is 0 Å². The lowest BCUT2D eigenvalue weighted by atomic mass is 9.87. The molecule has 1 aromatic rings. The molecular formula is C12H22Cl2N4. The van der Waals surface area contributed by atoms with E-state index in [9.17, 15) is 0 Å². The summed E-state index contributed by atoms with van der Waals surface area (Å²) in [6.07, 6.45) is 6.64. The molecule has 0 bridgehead atoms. The Bertz CT molecular complexity index is 336. The second-order valence-electron chi connectivity index (χ2n) is 5.22. The summed E-state index contributed by atoms with van der Waals surface area (Å²) in [6.45, 7) is 7.16. The van der Waals surface area contributed by atoms with Gasteiger partial charge in [-0.3, -0.25) is 4.68 Å². The second-order valence-corrected chi connectivity index (χ2v) is 5.22. The van der Waals surface area contributed by atoms with Gasteiger partial charge in [0.1, 0.15) is 0 Å². The summed E-state index contributed by atoms with van der Waals surface area (Å²) >= 11 is 0. The molecule has 0 aromatic carbocycles. The minimum atomic E-state index is 0. The Morgan fingerprint density at radius 3 is 2.78 bits per heavy atom. The maximum Gasteiger partial charge on any atom is 0.0536 e. The fourth-order valence-electron chi connectivity index (χ4n) is 3.04. The van der Waals surface area contributed by atoms with Gasteiger partial charge in [-0.15, -0.1) is 24.8 Å². The first-order valence-corrected chi connectivity index (χ1v) is 6.27. The van der Waals surface area contributed by atoms with Gasteiger partial charge in [0.15, 0.2) is 0 Å². The maximum absolute atomic E-state index is 4.24. The summed E-state index contributed by atoms with van der Waals surface area (Å²) in [5.74, 6) is 0. The number of rotatable bonds is 3. The lowest BCUT2D eigenvalue weighted by molar-refractivity contribution is 0.263. The van der Waals surface area contributed by atoms with Crippen LogP contribution in [0.1, 0.15) is 12.8 Å². The van der Waals surface area contributed by atoms with Crippen molar-refractivity contribution in [3.05, 3.63) is 18.5 Å². The molecule has 4 nitrogen and oxygen atoms in total. The van der Waals surface area contributed by atoms with Crippen molar-refractivity contribution in [2.75, 3.05) is 32.7 Å². The van der Waals surface area contributed by atoms with Crippen LogP contribution in [-0.2, 0) is 6.54 Å². The number of aromatic nitrogens is 2. The Labute approximate surface area is 121 Å². The number of hydrogen-bond acceptors (Lipinski definition) is 3. The van der Waals surface area contributed by atoms with Crippen LogP contribution in [-0.4, -0.2) is 47.4 Å². The van der Waals surface area contributed by atoms with E-state index in [1.54, 1.807) is 0 Å². The Morgan fingerprint density at radius 1 is 1.22 bits per heavy atom. The molecule has 2 saturated heterocycles. The quantitative estimate of drug-likeness (QED) is 0.915. The minimum Gasteiger partial charge on any atom is -0.316 e. The average molecular weight is 293 g/mol. The number of nitrogens with zero attached hydrogens (tertiary/aromatic N) is 3. The molecular weight excluding hydrogens is 271 g/mol. The fraction of sp³-hybridized carbons (Fsp3) is 0.750. The number of likely N-dealkylation sites (tertiary alicyclic amines) is 1. The molecule has 18 heavy (non-hydrogen) atoms. The molecule has 1 N–H and O–H groups in total. The van der Waals surface area contributed by atoms with Crippen molar-refractivity contribution in [3.63, 3.8) is 0 Å². The standard InChI is InChI=1S/C12H20N4.2ClH/c1-4-14-16(6-1)9-8-15-7-3-12(11-15)2-5-13-10-12;;/h1,4,6,13H,2-3,5,7-11H2;2*1H. The van der Waals surface area contributed by atoms with Gasteiger partial charge in [0.05, 0.1) is 6.54 Å². The van der Waals surface area contributed by atoms with Gasteiger partial charge in [0, 0.05) is 32.0 Å². The molecule has 0 saturated carbocycles. The van der Waals surface area contributed by atoms with Gasteiger partial charge >= 0.3 is 0 Å². The molecule has 2 aliphatic rings. The first-order valence-electron chi connectivity index (χ1n) is 6.27. The predicted octanol–water partition coefficient (Wildman–Crippen LogP) is 1.41. The second kappa shape index (κ2) is 6.75. The van der Waals surface area contributed by atoms with Gasteiger partial charge in [0.2, 0.25) is 0 Å². The van der Waals surface area contributed by atoms with Gasteiger partial charge in [-0.25, -0.2) is 0 Å². The van der Waals surface area contributed by atoms with Crippen molar-refractivity contribution >= 4 is 24.8 Å². The average Bonchev–Trinajstić information content (AvgIpc) is 3.01. The van der Waals surface area contributed by atoms with E-state index in [4.69, 9.17) is 0 Å². The molecule has 2 fully saturated rings. The van der Waals surface area contributed by atoms with Crippen LogP contribution < -0.4 is 5.32 Å². The normalized spacial score (nSPS) is 27.1. The molecule has 1 atom stereocenters. The molecule has 3 rings (SSSR count). The highest BCUT2D eigenvalue weighted by Gasteiger charge is 2.39. The molecule has 3 heterocycles. The van der Waals surface area contributed by atoms with Crippen LogP contribution in [0.2, 0.25) is 0 Å². The van der Waals surface area contributed by atoms with Crippen LogP contribution in [0.4, 0.5) is 0 Å². The van der Waals surface area contributed by atoms with Gasteiger partial charge in [-0.1, -0.05) is 0 Å². The van der Waals surface area contributed by atoms with E-state index in [0.29, 0.717) is 5.41 Å². The predicted molar refractivity (Wildman–Crippen MR) is 77.7 cm³/mol. The maximum atomic E-state index is 4.24. The van der Waals surface area contributed by atoms with Crippen LogP contribution >= 0.6 is 24.8 Å². The van der Waals surface area contributed by atoms with E-state index in [-0.39, 0.29) is 24.8 Å². The van der Waals surface area contributed by atoms with Crippen LogP contribution in [0.25, 0.3) is 0 Å².